The van der Waals surface area contributed by atoms with Crippen LogP contribution in [0.4, 0.5) is 4.39 Å². The van der Waals surface area contributed by atoms with E-state index in [-0.39, 0.29) is 18.2 Å². The minimum atomic E-state index is -1.19. The van der Waals surface area contributed by atoms with Crippen molar-refractivity contribution in [2.45, 2.75) is 44.2 Å². The van der Waals surface area contributed by atoms with Crippen molar-refractivity contribution in [2.75, 3.05) is 7.05 Å². The third kappa shape index (κ3) is 3.97. The van der Waals surface area contributed by atoms with E-state index in [1.54, 1.807) is 6.07 Å². The number of benzene rings is 1. The van der Waals surface area contributed by atoms with Crippen LogP contribution >= 0.6 is 0 Å². The van der Waals surface area contributed by atoms with Crippen LogP contribution in [0.15, 0.2) is 40.8 Å². The number of carboxylic acid groups (broad SMARTS) is 1. The highest BCUT2D eigenvalue weighted by Gasteiger charge is 2.46. The van der Waals surface area contributed by atoms with E-state index in [9.17, 15) is 19.1 Å². The SMILES string of the molecule is CN(C(=O)c1ccc(COc2ccc(F)cc2)o1)C1(C(=O)O)CCCCC1. The number of halogens is 1. The molecule has 1 aromatic heterocycles. The minimum absolute atomic E-state index is 0.0707. The predicted molar refractivity (Wildman–Crippen MR) is 95.0 cm³/mol. The zero-order valence-electron chi connectivity index (χ0n) is 15.1. The molecule has 144 valence electrons. The van der Waals surface area contributed by atoms with Gasteiger partial charge in [0.25, 0.3) is 5.91 Å². The van der Waals surface area contributed by atoms with Gasteiger partial charge in [-0.05, 0) is 49.2 Å². The first-order chi connectivity index (χ1) is 12.9. The first kappa shape index (κ1) is 18.9. The highest BCUT2D eigenvalue weighted by Crippen LogP contribution is 2.34. The molecule has 1 heterocycles. The van der Waals surface area contributed by atoms with Crippen molar-refractivity contribution >= 4 is 11.9 Å². The highest BCUT2D eigenvalue weighted by atomic mass is 19.1. The van der Waals surface area contributed by atoms with Gasteiger partial charge < -0.3 is 19.2 Å². The number of rotatable bonds is 6. The largest absolute Gasteiger partial charge is 0.486 e. The molecule has 0 bridgehead atoms. The topological polar surface area (TPSA) is 80.0 Å². The summed E-state index contributed by atoms with van der Waals surface area (Å²) >= 11 is 0. The molecular formula is C20H22FNO5. The normalized spacial score (nSPS) is 15.9. The van der Waals surface area contributed by atoms with Crippen LogP contribution in [0, 0.1) is 5.82 Å². The van der Waals surface area contributed by atoms with Crippen LogP contribution in [0.1, 0.15) is 48.4 Å². The maximum absolute atomic E-state index is 12.9. The summed E-state index contributed by atoms with van der Waals surface area (Å²) in [6.45, 7) is 0.0761. The zero-order valence-corrected chi connectivity index (χ0v) is 15.1. The lowest BCUT2D eigenvalue weighted by atomic mass is 9.80. The molecule has 0 aliphatic heterocycles. The maximum Gasteiger partial charge on any atom is 0.329 e. The second kappa shape index (κ2) is 7.82. The fraction of sp³-hybridized carbons (Fsp3) is 0.400. The molecule has 7 heteroatoms. The molecule has 0 unspecified atom stereocenters. The van der Waals surface area contributed by atoms with Gasteiger partial charge in [0.2, 0.25) is 0 Å². The monoisotopic (exact) mass is 375 g/mol. The quantitative estimate of drug-likeness (QED) is 0.829. The Morgan fingerprint density at radius 1 is 1.15 bits per heavy atom. The fourth-order valence-electron chi connectivity index (χ4n) is 3.44. The van der Waals surface area contributed by atoms with E-state index in [0.29, 0.717) is 24.4 Å². The number of aliphatic carboxylic acids is 1. The number of hydrogen-bond acceptors (Lipinski definition) is 4. The van der Waals surface area contributed by atoms with Crippen molar-refractivity contribution in [3.63, 3.8) is 0 Å². The summed E-state index contributed by atoms with van der Waals surface area (Å²) in [7, 11) is 1.51. The number of carboxylic acids is 1. The average molecular weight is 375 g/mol. The van der Waals surface area contributed by atoms with Crippen LogP contribution in [0.25, 0.3) is 0 Å². The molecule has 6 nitrogen and oxygen atoms in total. The first-order valence-corrected chi connectivity index (χ1v) is 8.91. The molecule has 1 amide bonds. The smallest absolute Gasteiger partial charge is 0.329 e. The molecule has 1 aliphatic rings. The average Bonchev–Trinajstić information content (AvgIpc) is 3.16. The van der Waals surface area contributed by atoms with Gasteiger partial charge in [-0.15, -0.1) is 0 Å². The molecule has 2 aromatic rings. The van der Waals surface area contributed by atoms with Crippen molar-refractivity contribution < 1.29 is 28.2 Å². The standard InChI is InChI=1S/C20H22FNO5/c1-22(20(19(24)25)11-3-2-4-12-20)18(23)17-10-9-16(27-17)13-26-15-7-5-14(21)6-8-15/h5-10H,2-4,11-13H2,1H3,(H,24,25). The number of furan rings is 1. The Morgan fingerprint density at radius 2 is 1.81 bits per heavy atom. The minimum Gasteiger partial charge on any atom is -0.486 e. The number of carbonyl (C=O) groups is 2. The molecule has 1 N–H and O–H groups in total. The van der Waals surface area contributed by atoms with Crippen molar-refractivity contribution in [3.05, 3.63) is 53.7 Å². The Bertz CT molecular complexity index is 808. The van der Waals surface area contributed by atoms with Crippen molar-refractivity contribution in [1.82, 2.24) is 4.90 Å². The van der Waals surface area contributed by atoms with Crippen LogP contribution < -0.4 is 4.74 Å². The Morgan fingerprint density at radius 3 is 2.44 bits per heavy atom. The molecule has 1 saturated carbocycles. The number of amides is 1. The molecule has 3 rings (SSSR count). The van der Waals surface area contributed by atoms with Crippen LogP contribution in [-0.4, -0.2) is 34.5 Å². The molecular weight excluding hydrogens is 353 g/mol. The number of hydrogen-bond donors (Lipinski definition) is 1. The van der Waals surface area contributed by atoms with Gasteiger partial charge in [0.1, 0.15) is 29.5 Å². The Hall–Kier alpha value is -2.83. The molecule has 1 fully saturated rings. The third-order valence-corrected chi connectivity index (χ3v) is 5.09. The molecule has 1 aliphatic carbocycles. The zero-order chi connectivity index (χ0) is 19.4. The summed E-state index contributed by atoms with van der Waals surface area (Å²) < 4.78 is 23.9. The fourth-order valence-corrected chi connectivity index (χ4v) is 3.44. The van der Waals surface area contributed by atoms with Gasteiger partial charge in [0.05, 0.1) is 0 Å². The molecule has 27 heavy (non-hydrogen) atoms. The van der Waals surface area contributed by atoms with E-state index in [1.807, 2.05) is 0 Å². The third-order valence-electron chi connectivity index (χ3n) is 5.09. The molecule has 1 aromatic carbocycles. The van der Waals surface area contributed by atoms with Gasteiger partial charge in [0.15, 0.2) is 5.76 Å². The summed E-state index contributed by atoms with van der Waals surface area (Å²) in [6.07, 6.45) is 3.40. The van der Waals surface area contributed by atoms with Gasteiger partial charge in [-0.2, -0.15) is 0 Å². The van der Waals surface area contributed by atoms with Crippen molar-refractivity contribution in [3.8, 4) is 5.75 Å². The second-order valence-corrected chi connectivity index (χ2v) is 6.77. The van der Waals surface area contributed by atoms with Crippen LogP contribution in [0.3, 0.4) is 0 Å². The van der Waals surface area contributed by atoms with E-state index < -0.39 is 17.4 Å². The Labute approximate surface area is 156 Å². The lowest BCUT2D eigenvalue weighted by Crippen LogP contribution is -2.56. The maximum atomic E-state index is 12.9. The lowest BCUT2D eigenvalue weighted by molar-refractivity contribution is -0.151. The highest BCUT2D eigenvalue weighted by molar-refractivity contribution is 5.95. The molecule has 0 atom stereocenters. The van der Waals surface area contributed by atoms with E-state index in [1.165, 1.54) is 42.3 Å². The number of nitrogens with zero attached hydrogens (tertiary/aromatic N) is 1. The van der Waals surface area contributed by atoms with Crippen molar-refractivity contribution in [1.29, 1.82) is 0 Å². The molecule has 0 radical (unpaired) electrons. The summed E-state index contributed by atoms with van der Waals surface area (Å²) in [4.78, 5) is 25.9. The van der Waals surface area contributed by atoms with Gasteiger partial charge in [-0.1, -0.05) is 19.3 Å². The number of likely N-dealkylation sites (N-methyl/N-ethyl adjacent to an activating group) is 1. The molecule has 0 spiro atoms. The molecule has 0 saturated heterocycles. The first-order valence-electron chi connectivity index (χ1n) is 8.91. The number of ether oxygens (including phenoxy) is 1. The van der Waals surface area contributed by atoms with Crippen LogP contribution in [0.5, 0.6) is 5.75 Å². The lowest BCUT2D eigenvalue weighted by Gasteiger charge is -2.40. The summed E-state index contributed by atoms with van der Waals surface area (Å²) in [6, 6.07) is 8.70. The second-order valence-electron chi connectivity index (χ2n) is 6.77. The van der Waals surface area contributed by atoms with Crippen LogP contribution in [-0.2, 0) is 11.4 Å². The van der Waals surface area contributed by atoms with E-state index in [2.05, 4.69) is 0 Å². The van der Waals surface area contributed by atoms with Gasteiger partial charge >= 0.3 is 5.97 Å². The van der Waals surface area contributed by atoms with Gasteiger partial charge in [0, 0.05) is 7.05 Å². The Balaban J connectivity index is 1.68. The summed E-state index contributed by atoms with van der Waals surface area (Å²) in [5, 5.41) is 9.72. The summed E-state index contributed by atoms with van der Waals surface area (Å²) in [5.41, 5.74) is -1.19. The Kier molecular flexibility index (Phi) is 5.48. The van der Waals surface area contributed by atoms with Gasteiger partial charge in [-0.3, -0.25) is 4.79 Å². The van der Waals surface area contributed by atoms with E-state index in [0.717, 1.165) is 19.3 Å². The van der Waals surface area contributed by atoms with E-state index >= 15 is 0 Å². The summed E-state index contributed by atoms with van der Waals surface area (Å²) in [5.74, 6) is -0.835. The van der Waals surface area contributed by atoms with Crippen molar-refractivity contribution in [2.24, 2.45) is 0 Å². The van der Waals surface area contributed by atoms with Gasteiger partial charge in [-0.25, -0.2) is 9.18 Å². The van der Waals surface area contributed by atoms with E-state index in [4.69, 9.17) is 9.15 Å². The number of carbonyl (C=O) groups excluding carboxylic acids is 1. The predicted octanol–water partition coefficient (Wildman–Crippen LogP) is 3.86. The van der Waals surface area contributed by atoms with Crippen LogP contribution in [0.2, 0.25) is 0 Å².